The molecule has 0 aliphatic heterocycles. The van der Waals surface area contributed by atoms with Crippen molar-refractivity contribution in [3.8, 4) is 16.3 Å². The third kappa shape index (κ3) is 4.16. The molecule has 0 saturated heterocycles. The molecule has 0 amide bonds. The molecule has 2 heterocycles. The molecule has 2 aromatic heterocycles. The predicted molar refractivity (Wildman–Crippen MR) is 98.6 cm³/mol. The number of hydrogen-bond acceptors (Lipinski definition) is 5. The van der Waals surface area contributed by atoms with Crippen molar-refractivity contribution in [1.29, 1.82) is 0 Å². The lowest BCUT2D eigenvalue weighted by atomic mass is 10.3. The van der Waals surface area contributed by atoms with Gasteiger partial charge in [0.2, 0.25) is 10.0 Å². The Morgan fingerprint density at radius 1 is 1.20 bits per heavy atom. The number of nitrogens with one attached hydrogen (secondary N) is 1. The number of rotatable bonds is 8. The van der Waals surface area contributed by atoms with Gasteiger partial charge in [-0.25, -0.2) is 17.8 Å². The highest BCUT2D eigenvalue weighted by Gasteiger charge is 2.24. The minimum absolute atomic E-state index is 0.177. The highest BCUT2D eigenvalue weighted by molar-refractivity contribution is 7.89. The fraction of sp³-hybridized carbons (Fsp3) is 0.235. The van der Waals surface area contributed by atoms with Crippen LogP contribution in [-0.4, -0.2) is 38.5 Å². The number of methoxy groups -OCH3 is 1. The average molecular weight is 377 g/mol. The fourth-order valence-corrected chi connectivity index (χ4v) is 4.35. The lowest BCUT2D eigenvalue weighted by Gasteiger charge is -2.05. The molecule has 25 heavy (non-hydrogen) atoms. The molecule has 0 saturated carbocycles. The van der Waals surface area contributed by atoms with Gasteiger partial charge in [0.15, 0.2) is 0 Å². The first-order valence-electron chi connectivity index (χ1n) is 7.79. The zero-order chi connectivity index (χ0) is 17.7. The Balaban J connectivity index is 1.98. The second-order valence-corrected chi connectivity index (χ2v) is 8.03. The molecule has 0 aliphatic carbocycles. The lowest BCUT2D eigenvalue weighted by molar-refractivity contribution is 0.196. The number of ether oxygens (including phenoxy) is 1. The first kappa shape index (κ1) is 17.8. The van der Waals surface area contributed by atoms with Crippen LogP contribution in [0, 0.1) is 0 Å². The number of aromatic nitrogens is 2. The molecule has 0 aliphatic rings. The summed E-state index contributed by atoms with van der Waals surface area (Å²) in [6, 6.07) is 13.2. The first-order chi connectivity index (χ1) is 12.1. The topological polar surface area (TPSA) is 73.2 Å². The molecule has 0 spiro atoms. The first-order valence-corrected chi connectivity index (χ1v) is 10.2. The molecule has 1 aromatic carbocycles. The van der Waals surface area contributed by atoms with Crippen LogP contribution in [0.1, 0.15) is 6.42 Å². The summed E-state index contributed by atoms with van der Waals surface area (Å²) < 4.78 is 34.7. The van der Waals surface area contributed by atoms with Crippen molar-refractivity contribution >= 4 is 21.4 Å². The van der Waals surface area contributed by atoms with Gasteiger partial charge in [0, 0.05) is 20.3 Å². The molecule has 3 aromatic rings. The van der Waals surface area contributed by atoms with Crippen molar-refractivity contribution in [2.24, 2.45) is 0 Å². The van der Waals surface area contributed by atoms with Gasteiger partial charge in [0.1, 0.15) is 10.6 Å². The third-order valence-electron chi connectivity index (χ3n) is 3.56. The Kier molecular flexibility index (Phi) is 5.64. The van der Waals surface area contributed by atoms with Gasteiger partial charge >= 0.3 is 0 Å². The Labute approximate surface area is 151 Å². The van der Waals surface area contributed by atoms with Gasteiger partial charge in [-0.05, 0) is 30.0 Å². The number of sulfonamides is 1. The van der Waals surface area contributed by atoms with E-state index in [0.29, 0.717) is 25.3 Å². The molecule has 132 valence electrons. The zero-order valence-corrected chi connectivity index (χ0v) is 15.4. The highest BCUT2D eigenvalue weighted by atomic mass is 32.2. The van der Waals surface area contributed by atoms with Crippen molar-refractivity contribution < 1.29 is 13.2 Å². The maximum absolute atomic E-state index is 12.8. The van der Waals surface area contributed by atoms with Crippen LogP contribution in [0.4, 0.5) is 0 Å². The van der Waals surface area contributed by atoms with Gasteiger partial charge in [-0.3, -0.25) is 0 Å². The van der Waals surface area contributed by atoms with E-state index in [4.69, 9.17) is 4.74 Å². The molecule has 0 unspecified atom stereocenters. The number of benzene rings is 1. The monoisotopic (exact) mass is 377 g/mol. The van der Waals surface area contributed by atoms with Gasteiger partial charge in [0.05, 0.1) is 16.8 Å². The van der Waals surface area contributed by atoms with Gasteiger partial charge in [0.25, 0.3) is 0 Å². The van der Waals surface area contributed by atoms with E-state index in [9.17, 15) is 8.42 Å². The van der Waals surface area contributed by atoms with E-state index in [1.165, 1.54) is 11.3 Å². The van der Waals surface area contributed by atoms with Gasteiger partial charge in [-0.1, -0.05) is 24.3 Å². The van der Waals surface area contributed by atoms with Crippen molar-refractivity contribution in [2.75, 3.05) is 20.3 Å². The molecule has 1 N–H and O–H groups in total. The molecule has 0 bridgehead atoms. The van der Waals surface area contributed by atoms with Crippen LogP contribution in [0.15, 0.2) is 58.9 Å². The standard InChI is InChI=1S/C17H19N3O3S2/c1-23-11-6-10-18-25(21,22)16-13-20(14-7-3-2-4-8-14)19-17(16)15-9-5-12-24-15/h2-5,7-9,12-13,18H,6,10-11H2,1H3. The van der Waals surface area contributed by atoms with Gasteiger partial charge < -0.3 is 4.74 Å². The summed E-state index contributed by atoms with van der Waals surface area (Å²) in [4.78, 5) is 0.989. The summed E-state index contributed by atoms with van der Waals surface area (Å²) in [5, 5.41) is 6.42. The van der Waals surface area contributed by atoms with Crippen LogP contribution in [0.25, 0.3) is 16.3 Å². The summed E-state index contributed by atoms with van der Waals surface area (Å²) in [7, 11) is -2.08. The maximum atomic E-state index is 12.8. The molecule has 3 rings (SSSR count). The zero-order valence-electron chi connectivity index (χ0n) is 13.8. The van der Waals surface area contributed by atoms with Crippen LogP contribution in [0.2, 0.25) is 0 Å². The number of hydrogen-bond donors (Lipinski definition) is 1. The normalized spacial score (nSPS) is 11.7. The van der Waals surface area contributed by atoms with Crippen LogP contribution in [0.5, 0.6) is 0 Å². The highest BCUT2D eigenvalue weighted by Crippen LogP contribution is 2.30. The predicted octanol–water partition coefficient (Wildman–Crippen LogP) is 2.92. The van der Waals surface area contributed by atoms with E-state index in [0.717, 1.165) is 10.6 Å². The van der Waals surface area contributed by atoms with E-state index >= 15 is 0 Å². The van der Waals surface area contributed by atoms with Crippen LogP contribution < -0.4 is 4.72 Å². The Hall–Kier alpha value is -2.00. The smallest absolute Gasteiger partial charge is 0.244 e. The van der Waals surface area contributed by atoms with Crippen LogP contribution in [-0.2, 0) is 14.8 Å². The third-order valence-corrected chi connectivity index (χ3v) is 5.90. The van der Waals surface area contributed by atoms with Gasteiger partial charge in [-0.15, -0.1) is 11.3 Å². The van der Waals surface area contributed by atoms with E-state index in [2.05, 4.69) is 9.82 Å². The number of para-hydroxylation sites is 1. The fourth-order valence-electron chi connectivity index (χ4n) is 2.35. The summed E-state index contributed by atoms with van der Waals surface area (Å²) in [5.74, 6) is 0. The second kappa shape index (κ2) is 7.92. The maximum Gasteiger partial charge on any atom is 0.244 e. The molecule has 8 heteroatoms. The summed E-state index contributed by atoms with van der Waals surface area (Å²) in [5.41, 5.74) is 1.26. The molecular formula is C17H19N3O3S2. The quantitative estimate of drug-likeness (QED) is 0.613. The van der Waals surface area contributed by atoms with E-state index < -0.39 is 10.0 Å². The largest absolute Gasteiger partial charge is 0.385 e. The van der Waals surface area contributed by atoms with Crippen LogP contribution in [0.3, 0.4) is 0 Å². The summed E-state index contributed by atoms with van der Waals surface area (Å²) in [6.07, 6.45) is 2.17. The minimum atomic E-state index is -3.67. The molecule has 0 radical (unpaired) electrons. The minimum Gasteiger partial charge on any atom is -0.385 e. The van der Waals surface area contributed by atoms with E-state index in [-0.39, 0.29) is 4.90 Å². The van der Waals surface area contributed by atoms with E-state index in [1.807, 2.05) is 47.8 Å². The average Bonchev–Trinajstić information content (AvgIpc) is 3.29. The van der Waals surface area contributed by atoms with E-state index in [1.54, 1.807) is 18.0 Å². The van der Waals surface area contributed by atoms with Crippen molar-refractivity contribution in [3.63, 3.8) is 0 Å². The Morgan fingerprint density at radius 3 is 2.68 bits per heavy atom. The summed E-state index contributed by atoms with van der Waals surface area (Å²) >= 11 is 1.46. The van der Waals surface area contributed by atoms with Crippen molar-refractivity contribution in [2.45, 2.75) is 11.3 Å². The van der Waals surface area contributed by atoms with Crippen LogP contribution >= 0.6 is 11.3 Å². The molecular weight excluding hydrogens is 358 g/mol. The van der Waals surface area contributed by atoms with Crippen molar-refractivity contribution in [1.82, 2.24) is 14.5 Å². The summed E-state index contributed by atoms with van der Waals surface area (Å²) in [6.45, 7) is 0.820. The van der Waals surface area contributed by atoms with Gasteiger partial charge in [-0.2, -0.15) is 5.10 Å². The molecule has 0 fully saturated rings. The Bertz CT molecular complexity index is 904. The van der Waals surface area contributed by atoms with Crippen molar-refractivity contribution in [3.05, 3.63) is 54.0 Å². The lowest BCUT2D eigenvalue weighted by Crippen LogP contribution is -2.25. The Morgan fingerprint density at radius 2 is 2.00 bits per heavy atom. The number of thiophene rings is 1. The molecule has 6 nitrogen and oxygen atoms in total. The second-order valence-electron chi connectivity index (χ2n) is 5.34. The number of nitrogens with zero attached hydrogens (tertiary/aromatic N) is 2. The SMILES string of the molecule is COCCCNS(=O)(=O)c1cn(-c2ccccc2)nc1-c1cccs1. The molecule has 0 atom stereocenters.